The zero-order chi connectivity index (χ0) is 18.4. The second kappa shape index (κ2) is 5.77. The van der Waals surface area contributed by atoms with Crippen LogP contribution in [-0.2, 0) is 0 Å². The highest BCUT2D eigenvalue weighted by Crippen LogP contribution is 2.44. The largest absolute Gasteiger partial charge is 0.512 e. The quantitative estimate of drug-likeness (QED) is 0.621. The molecule has 2 aliphatic rings. The average molecular weight is 348 g/mol. The molecule has 0 bridgehead atoms. The molecule has 2 aromatic carbocycles. The molecule has 2 unspecified atom stereocenters. The number of aliphatic hydroxyl groups excluding tert-OH is 1. The van der Waals surface area contributed by atoms with E-state index < -0.39 is 23.4 Å². The van der Waals surface area contributed by atoms with Crippen LogP contribution in [0.4, 0.5) is 11.4 Å². The zero-order valence-electron chi connectivity index (χ0n) is 13.6. The number of para-hydroxylation sites is 1. The van der Waals surface area contributed by atoms with E-state index in [0.29, 0.717) is 5.69 Å². The Labute approximate surface area is 149 Å². The van der Waals surface area contributed by atoms with Crippen molar-refractivity contribution in [3.8, 4) is 5.75 Å². The van der Waals surface area contributed by atoms with E-state index >= 15 is 0 Å². The maximum atomic E-state index is 13.1. The number of Topliss-reactive ketones (excluding diaryl/α,β-unsaturated/α-hetero) is 2. The maximum absolute atomic E-state index is 13.1. The van der Waals surface area contributed by atoms with Crippen molar-refractivity contribution >= 4 is 22.9 Å². The fourth-order valence-corrected chi connectivity index (χ4v) is 3.53. The number of hydrogen-bond donors (Lipinski definition) is 4. The Morgan fingerprint density at radius 1 is 0.846 bits per heavy atom. The van der Waals surface area contributed by atoms with E-state index in [9.17, 15) is 19.8 Å². The highest BCUT2D eigenvalue weighted by molar-refractivity contribution is 6.21. The molecule has 2 aromatic rings. The third kappa shape index (κ3) is 2.27. The normalized spacial score (nSPS) is 21.4. The molecular formula is C20H16N2O4. The summed E-state index contributed by atoms with van der Waals surface area (Å²) in [7, 11) is 0. The molecule has 0 aromatic heterocycles. The summed E-state index contributed by atoms with van der Waals surface area (Å²) in [5.41, 5.74) is 7.22. The number of aliphatic hydroxyl groups is 1. The van der Waals surface area contributed by atoms with Crippen LogP contribution in [0.1, 0.15) is 20.7 Å². The van der Waals surface area contributed by atoms with Crippen molar-refractivity contribution in [3.05, 3.63) is 77.2 Å². The Hall–Kier alpha value is -3.54. The Balaban J connectivity index is 1.90. The molecule has 0 amide bonds. The number of fused-ring (bicyclic) bond motifs is 2. The van der Waals surface area contributed by atoms with Gasteiger partial charge in [0.2, 0.25) is 0 Å². The number of hydrogen-bond acceptors (Lipinski definition) is 6. The van der Waals surface area contributed by atoms with E-state index in [0.717, 1.165) is 5.69 Å². The Morgan fingerprint density at radius 3 is 2.27 bits per heavy atom. The van der Waals surface area contributed by atoms with E-state index in [1.807, 2.05) is 30.3 Å². The number of aromatic hydroxyl groups is 1. The molecule has 2 aliphatic carbocycles. The molecule has 0 aliphatic heterocycles. The van der Waals surface area contributed by atoms with Gasteiger partial charge in [-0.3, -0.25) is 9.59 Å². The van der Waals surface area contributed by atoms with Crippen molar-refractivity contribution in [2.75, 3.05) is 5.32 Å². The lowest BCUT2D eigenvalue weighted by Gasteiger charge is -2.33. The van der Waals surface area contributed by atoms with Gasteiger partial charge in [-0.05, 0) is 36.4 Å². The number of nitrogens with one attached hydrogen (secondary N) is 1. The predicted octanol–water partition coefficient (Wildman–Crippen LogP) is 3.05. The second-order valence-electron chi connectivity index (χ2n) is 6.32. The fourth-order valence-electron chi connectivity index (χ4n) is 3.53. The van der Waals surface area contributed by atoms with Crippen LogP contribution in [0.3, 0.4) is 0 Å². The van der Waals surface area contributed by atoms with Gasteiger partial charge in [-0.1, -0.05) is 18.2 Å². The lowest BCUT2D eigenvalue weighted by Crippen LogP contribution is -2.42. The van der Waals surface area contributed by atoms with Crippen molar-refractivity contribution < 1.29 is 19.8 Å². The molecule has 0 spiro atoms. The monoisotopic (exact) mass is 348 g/mol. The van der Waals surface area contributed by atoms with Gasteiger partial charge in [-0.15, -0.1) is 0 Å². The highest BCUT2D eigenvalue weighted by Gasteiger charge is 2.48. The van der Waals surface area contributed by atoms with E-state index in [1.165, 1.54) is 24.3 Å². The Kier molecular flexibility index (Phi) is 3.54. The number of ketones is 2. The summed E-state index contributed by atoms with van der Waals surface area (Å²) >= 11 is 0. The molecule has 0 saturated heterocycles. The van der Waals surface area contributed by atoms with Crippen LogP contribution in [0.5, 0.6) is 5.75 Å². The molecule has 0 fully saturated rings. The summed E-state index contributed by atoms with van der Waals surface area (Å²) in [6, 6.07) is 12.1. The first-order valence-electron chi connectivity index (χ1n) is 8.11. The molecule has 6 nitrogen and oxygen atoms in total. The van der Waals surface area contributed by atoms with Crippen molar-refractivity contribution in [1.29, 1.82) is 0 Å². The minimum absolute atomic E-state index is 0.0646. The lowest BCUT2D eigenvalue weighted by molar-refractivity contribution is 0.0746. The number of rotatable bonds is 2. The van der Waals surface area contributed by atoms with Crippen LogP contribution in [0.15, 0.2) is 66.1 Å². The highest BCUT2D eigenvalue weighted by atomic mass is 16.3. The Morgan fingerprint density at radius 2 is 1.54 bits per heavy atom. The van der Waals surface area contributed by atoms with Crippen LogP contribution in [0.2, 0.25) is 0 Å². The van der Waals surface area contributed by atoms with Gasteiger partial charge in [0.05, 0.1) is 28.7 Å². The van der Waals surface area contributed by atoms with Gasteiger partial charge in [0.15, 0.2) is 11.6 Å². The lowest BCUT2D eigenvalue weighted by atomic mass is 9.69. The minimum atomic E-state index is -1.07. The molecule has 6 heteroatoms. The molecule has 130 valence electrons. The second-order valence-corrected chi connectivity index (χ2v) is 6.32. The number of benzene rings is 2. The van der Waals surface area contributed by atoms with Crippen LogP contribution < -0.4 is 11.1 Å². The summed E-state index contributed by atoms with van der Waals surface area (Å²) in [5, 5.41) is 23.5. The first-order valence-corrected chi connectivity index (χ1v) is 8.11. The molecule has 0 radical (unpaired) electrons. The van der Waals surface area contributed by atoms with Gasteiger partial charge in [-0.25, -0.2) is 0 Å². The molecule has 26 heavy (non-hydrogen) atoms. The van der Waals surface area contributed by atoms with Gasteiger partial charge in [-0.2, -0.15) is 0 Å². The first-order chi connectivity index (χ1) is 12.5. The number of anilines is 2. The maximum Gasteiger partial charge on any atom is 0.177 e. The molecule has 4 rings (SSSR count). The summed E-state index contributed by atoms with van der Waals surface area (Å²) in [5.74, 6) is -3.49. The Bertz CT molecular complexity index is 992. The van der Waals surface area contributed by atoms with E-state index in [-0.39, 0.29) is 28.3 Å². The number of nitrogens with two attached hydrogens (primary N) is 1. The average Bonchev–Trinajstić information content (AvgIpc) is 2.63. The van der Waals surface area contributed by atoms with Crippen molar-refractivity contribution in [1.82, 2.24) is 0 Å². The van der Waals surface area contributed by atoms with Gasteiger partial charge in [0, 0.05) is 11.4 Å². The van der Waals surface area contributed by atoms with Gasteiger partial charge >= 0.3 is 0 Å². The topological polar surface area (TPSA) is 113 Å². The molecule has 2 atom stereocenters. The third-order valence-corrected chi connectivity index (χ3v) is 4.75. The zero-order valence-corrected chi connectivity index (χ0v) is 13.6. The third-order valence-electron chi connectivity index (χ3n) is 4.75. The van der Waals surface area contributed by atoms with Crippen LogP contribution in [0, 0.1) is 11.8 Å². The van der Waals surface area contributed by atoms with E-state index in [2.05, 4.69) is 5.32 Å². The van der Waals surface area contributed by atoms with Gasteiger partial charge in [0.25, 0.3) is 0 Å². The predicted molar refractivity (Wildman–Crippen MR) is 96.5 cm³/mol. The standard InChI is InChI=1S/C20H16N2O4/c21-11-6-8-13(23)17-15(11)19(25)18-14(24)9-7-12(16(18)20(17)26)22-10-4-2-1-3-5-10/h1-9,15,17,22-24H,21H2. The van der Waals surface area contributed by atoms with Gasteiger partial charge < -0.3 is 21.3 Å². The summed E-state index contributed by atoms with van der Waals surface area (Å²) in [4.78, 5) is 26.1. The smallest absolute Gasteiger partial charge is 0.177 e. The van der Waals surface area contributed by atoms with Crippen molar-refractivity contribution in [3.63, 3.8) is 0 Å². The SMILES string of the molecule is NC1=CC=C(O)C2C(=O)c3c(Nc4ccccc4)ccc(O)c3C(=O)C12. The van der Waals surface area contributed by atoms with Gasteiger partial charge in [0.1, 0.15) is 11.5 Å². The minimum Gasteiger partial charge on any atom is -0.512 e. The number of carbonyl (C=O) groups excluding carboxylic acids is 2. The van der Waals surface area contributed by atoms with Crippen LogP contribution in [0.25, 0.3) is 0 Å². The number of allylic oxidation sites excluding steroid dienone is 4. The summed E-state index contributed by atoms with van der Waals surface area (Å²) in [6.07, 6.45) is 2.75. The van der Waals surface area contributed by atoms with Crippen LogP contribution in [-0.4, -0.2) is 21.8 Å². The summed E-state index contributed by atoms with van der Waals surface area (Å²) < 4.78 is 0. The van der Waals surface area contributed by atoms with Crippen LogP contribution >= 0.6 is 0 Å². The first kappa shape index (κ1) is 16.0. The molecule has 0 saturated carbocycles. The summed E-state index contributed by atoms with van der Waals surface area (Å²) in [6.45, 7) is 0. The molecule has 0 heterocycles. The van der Waals surface area contributed by atoms with E-state index in [1.54, 1.807) is 0 Å². The molecular weight excluding hydrogens is 332 g/mol. The van der Waals surface area contributed by atoms with Crippen molar-refractivity contribution in [2.24, 2.45) is 17.6 Å². The fraction of sp³-hybridized carbons (Fsp3) is 0.100. The van der Waals surface area contributed by atoms with Crippen molar-refractivity contribution in [2.45, 2.75) is 0 Å². The number of phenolic OH excluding ortho intramolecular Hbond substituents is 1. The molecule has 5 N–H and O–H groups in total. The number of carbonyl (C=O) groups is 2. The number of phenols is 1. The van der Waals surface area contributed by atoms with E-state index in [4.69, 9.17) is 5.73 Å².